The van der Waals surface area contributed by atoms with Crippen LogP contribution in [-0.4, -0.2) is 30.4 Å². The van der Waals surface area contributed by atoms with Gasteiger partial charge in [-0.15, -0.1) is 0 Å². The van der Waals surface area contributed by atoms with E-state index in [2.05, 4.69) is 20.6 Å². The normalized spacial score (nSPS) is 13.3. The minimum atomic E-state index is 0.302. The lowest BCUT2D eigenvalue weighted by Gasteiger charge is -2.05. The molecule has 0 radical (unpaired) electrons. The molecule has 0 saturated carbocycles. The number of rotatable bonds is 4. The van der Waals surface area contributed by atoms with Crippen molar-refractivity contribution in [1.29, 1.82) is 0 Å². The topological polar surface area (TPSA) is 48.8 Å². The van der Waals surface area contributed by atoms with Crippen molar-refractivity contribution < 1.29 is 0 Å². The molecule has 0 unspecified atom stereocenters. The molecule has 0 spiro atoms. The third-order valence-corrected chi connectivity index (χ3v) is 1.58. The molecule has 4 nitrogen and oxygen atoms in total. The van der Waals surface area contributed by atoms with Gasteiger partial charge in [0.1, 0.15) is 6.67 Å². The van der Waals surface area contributed by atoms with Crippen molar-refractivity contribution >= 4 is 22.7 Å². The number of nitrogens with one attached hydrogen (secondary N) is 2. The Morgan fingerprint density at radius 2 is 2.00 bits per heavy atom. The van der Waals surface area contributed by atoms with E-state index in [9.17, 15) is 0 Å². The SMILES string of the molecule is CCNC(Cl)=NCNC(C)=NC(C)C. The predicted octanol–water partition coefficient (Wildman–Crippen LogP) is 1.56. The smallest absolute Gasteiger partial charge is 0.193 e. The van der Waals surface area contributed by atoms with Crippen molar-refractivity contribution in [3.05, 3.63) is 0 Å². The van der Waals surface area contributed by atoms with Gasteiger partial charge in [0.25, 0.3) is 0 Å². The monoisotopic (exact) mass is 218 g/mol. The summed E-state index contributed by atoms with van der Waals surface area (Å²) in [6.45, 7) is 9.17. The van der Waals surface area contributed by atoms with Crippen molar-refractivity contribution in [2.24, 2.45) is 9.98 Å². The van der Waals surface area contributed by atoms with Gasteiger partial charge in [0.2, 0.25) is 0 Å². The number of nitrogens with zero attached hydrogens (tertiary/aromatic N) is 2. The predicted molar refractivity (Wildman–Crippen MR) is 63.2 cm³/mol. The van der Waals surface area contributed by atoms with Crippen LogP contribution < -0.4 is 10.6 Å². The number of hydrogen-bond acceptors (Lipinski definition) is 2. The molecule has 14 heavy (non-hydrogen) atoms. The van der Waals surface area contributed by atoms with Crippen LogP contribution in [0, 0.1) is 0 Å². The first-order chi connectivity index (χ1) is 6.56. The van der Waals surface area contributed by atoms with Crippen molar-refractivity contribution in [3.63, 3.8) is 0 Å². The van der Waals surface area contributed by atoms with Gasteiger partial charge in [-0.3, -0.25) is 4.99 Å². The van der Waals surface area contributed by atoms with Gasteiger partial charge < -0.3 is 10.6 Å². The summed E-state index contributed by atoms with van der Waals surface area (Å²) in [6, 6.07) is 0.302. The van der Waals surface area contributed by atoms with E-state index in [0.717, 1.165) is 12.4 Å². The molecule has 0 amide bonds. The van der Waals surface area contributed by atoms with E-state index in [1.165, 1.54) is 0 Å². The first-order valence-electron chi connectivity index (χ1n) is 4.78. The zero-order chi connectivity index (χ0) is 11.0. The number of halogens is 1. The first kappa shape index (κ1) is 13.2. The summed E-state index contributed by atoms with van der Waals surface area (Å²) in [6.07, 6.45) is 0. The van der Waals surface area contributed by atoms with Crippen molar-refractivity contribution in [1.82, 2.24) is 10.6 Å². The van der Waals surface area contributed by atoms with Crippen LogP contribution in [0.5, 0.6) is 0 Å². The highest BCUT2D eigenvalue weighted by atomic mass is 35.5. The highest BCUT2D eigenvalue weighted by Gasteiger charge is 1.92. The molecule has 0 aliphatic carbocycles. The Morgan fingerprint density at radius 1 is 1.36 bits per heavy atom. The number of aliphatic imine (C=N–C) groups is 2. The Hall–Kier alpha value is -0.770. The first-order valence-corrected chi connectivity index (χ1v) is 5.16. The van der Waals surface area contributed by atoms with Crippen LogP contribution in [0.25, 0.3) is 0 Å². The standard InChI is InChI=1S/C9H19ClN4/c1-5-11-9(10)13-6-12-8(4)14-7(2)3/h7H,5-6H2,1-4H3,(H,11,13)(H,12,14). The van der Waals surface area contributed by atoms with E-state index in [4.69, 9.17) is 11.6 Å². The second-order valence-corrected chi connectivity index (χ2v) is 3.48. The van der Waals surface area contributed by atoms with Crippen LogP contribution in [0.3, 0.4) is 0 Å². The van der Waals surface area contributed by atoms with E-state index >= 15 is 0 Å². The molecule has 0 rings (SSSR count). The van der Waals surface area contributed by atoms with Gasteiger partial charge in [-0.25, -0.2) is 4.99 Å². The van der Waals surface area contributed by atoms with E-state index in [0.29, 0.717) is 18.0 Å². The fraction of sp³-hybridized carbons (Fsp3) is 0.778. The Bertz CT molecular complexity index is 211. The third kappa shape index (κ3) is 7.86. The Kier molecular flexibility index (Phi) is 7.20. The Balaban J connectivity index is 3.78. The lowest BCUT2D eigenvalue weighted by molar-refractivity contribution is 0.809. The summed E-state index contributed by atoms with van der Waals surface area (Å²) < 4.78 is 0. The Morgan fingerprint density at radius 3 is 2.50 bits per heavy atom. The molecule has 0 aliphatic rings. The summed E-state index contributed by atoms with van der Waals surface area (Å²) >= 11 is 5.73. The fourth-order valence-corrected chi connectivity index (χ4v) is 1.05. The zero-order valence-electron chi connectivity index (χ0n) is 9.26. The lowest BCUT2D eigenvalue weighted by atomic mass is 10.4. The van der Waals surface area contributed by atoms with E-state index in [-0.39, 0.29) is 0 Å². The minimum absolute atomic E-state index is 0.302. The molecule has 0 aliphatic heterocycles. The second kappa shape index (κ2) is 7.62. The van der Waals surface area contributed by atoms with Crippen LogP contribution in [0.1, 0.15) is 27.7 Å². The van der Waals surface area contributed by atoms with Crippen LogP contribution >= 0.6 is 11.6 Å². The molecule has 0 heterocycles. The molecule has 0 aromatic carbocycles. The van der Waals surface area contributed by atoms with Gasteiger partial charge in [-0.1, -0.05) is 0 Å². The highest BCUT2D eigenvalue weighted by molar-refractivity contribution is 6.64. The average Bonchev–Trinajstić information content (AvgIpc) is 2.02. The van der Waals surface area contributed by atoms with E-state index < -0.39 is 0 Å². The van der Waals surface area contributed by atoms with Gasteiger partial charge in [0.15, 0.2) is 5.29 Å². The fourth-order valence-electron chi connectivity index (χ4n) is 0.858. The molecule has 2 N–H and O–H groups in total. The maximum absolute atomic E-state index is 5.73. The Labute approximate surface area is 90.9 Å². The maximum atomic E-state index is 5.73. The van der Waals surface area contributed by atoms with E-state index in [1.54, 1.807) is 0 Å². The maximum Gasteiger partial charge on any atom is 0.193 e. The zero-order valence-corrected chi connectivity index (χ0v) is 10.0. The summed E-state index contributed by atoms with van der Waals surface area (Å²) in [4.78, 5) is 8.33. The average molecular weight is 219 g/mol. The number of hydrogen-bond donors (Lipinski definition) is 2. The molecular formula is C9H19ClN4. The minimum Gasteiger partial charge on any atom is -0.361 e. The quantitative estimate of drug-likeness (QED) is 0.428. The molecule has 0 aromatic rings. The molecule has 0 atom stereocenters. The highest BCUT2D eigenvalue weighted by Crippen LogP contribution is 1.86. The summed E-state index contributed by atoms with van der Waals surface area (Å²) in [5.41, 5.74) is 0. The molecule has 0 bridgehead atoms. The van der Waals surface area contributed by atoms with Crippen molar-refractivity contribution in [2.45, 2.75) is 33.7 Å². The van der Waals surface area contributed by atoms with Crippen LogP contribution in [0.2, 0.25) is 0 Å². The van der Waals surface area contributed by atoms with Crippen molar-refractivity contribution in [3.8, 4) is 0 Å². The summed E-state index contributed by atoms with van der Waals surface area (Å²) in [7, 11) is 0. The molecular weight excluding hydrogens is 200 g/mol. The van der Waals surface area contributed by atoms with E-state index in [1.807, 2.05) is 27.7 Å². The van der Waals surface area contributed by atoms with Gasteiger partial charge in [-0.05, 0) is 39.3 Å². The number of amidine groups is 2. The van der Waals surface area contributed by atoms with Gasteiger partial charge in [0, 0.05) is 12.6 Å². The molecule has 0 aromatic heterocycles. The van der Waals surface area contributed by atoms with Crippen LogP contribution in [0.4, 0.5) is 0 Å². The molecule has 5 heteroatoms. The summed E-state index contributed by atoms with van der Waals surface area (Å²) in [5, 5.41) is 6.36. The molecule has 82 valence electrons. The third-order valence-electron chi connectivity index (χ3n) is 1.33. The largest absolute Gasteiger partial charge is 0.361 e. The van der Waals surface area contributed by atoms with Crippen LogP contribution in [0.15, 0.2) is 9.98 Å². The lowest BCUT2D eigenvalue weighted by Crippen LogP contribution is -2.24. The van der Waals surface area contributed by atoms with Gasteiger partial charge in [-0.2, -0.15) is 0 Å². The second-order valence-electron chi connectivity index (χ2n) is 3.12. The van der Waals surface area contributed by atoms with Crippen LogP contribution in [-0.2, 0) is 0 Å². The van der Waals surface area contributed by atoms with Gasteiger partial charge >= 0.3 is 0 Å². The van der Waals surface area contributed by atoms with Gasteiger partial charge in [0.05, 0.1) is 5.84 Å². The van der Waals surface area contributed by atoms with Crippen molar-refractivity contribution in [2.75, 3.05) is 13.2 Å². The summed E-state index contributed by atoms with van der Waals surface area (Å²) in [5.74, 6) is 0.879. The molecule has 0 fully saturated rings. The molecule has 0 saturated heterocycles.